The number of nitrogens with zero attached hydrogens (tertiary/aromatic N) is 2. The molecule has 1 unspecified atom stereocenters. The number of esters is 2. The molecule has 0 amide bonds. The van der Waals surface area contributed by atoms with Crippen LogP contribution >= 0.6 is 0 Å². The minimum Gasteiger partial charge on any atom is -0.468 e. The molecule has 1 aromatic carbocycles. The molecule has 1 aliphatic rings. The van der Waals surface area contributed by atoms with E-state index in [9.17, 15) is 9.59 Å². The zero-order chi connectivity index (χ0) is 20.6. The number of ether oxygens (including phenoxy) is 2. The molecule has 2 aromatic rings. The quantitative estimate of drug-likeness (QED) is 0.498. The van der Waals surface area contributed by atoms with Gasteiger partial charge in [0, 0.05) is 31.9 Å². The van der Waals surface area contributed by atoms with Gasteiger partial charge < -0.3 is 18.8 Å². The summed E-state index contributed by atoms with van der Waals surface area (Å²) in [6, 6.07) is 13.2. The zero-order valence-corrected chi connectivity index (χ0v) is 17.0. The van der Waals surface area contributed by atoms with Crippen LogP contribution in [0.2, 0.25) is 0 Å². The summed E-state index contributed by atoms with van der Waals surface area (Å²) >= 11 is 0. The molecular weight excluding hydrogens is 372 g/mol. The summed E-state index contributed by atoms with van der Waals surface area (Å²) < 4.78 is 16.1. The predicted molar refractivity (Wildman–Crippen MR) is 108 cm³/mol. The van der Waals surface area contributed by atoms with Crippen molar-refractivity contribution < 1.29 is 23.5 Å². The van der Waals surface area contributed by atoms with E-state index in [1.807, 2.05) is 18.2 Å². The molecule has 1 aliphatic heterocycles. The number of piperazine rings is 1. The van der Waals surface area contributed by atoms with E-state index in [1.54, 1.807) is 32.2 Å². The maximum Gasteiger partial charge on any atom is 0.322 e. The molecule has 0 spiro atoms. The molecule has 3 rings (SSSR count). The molecule has 1 saturated heterocycles. The summed E-state index contributed by atoms with van der Waals surface area (Å²) in [6.07, 6.45) is 1.55. The molecule has 2 heterocycles. The Morgan fingerprint density at radius 2 is 1.55 bits per heavy atom. The van der Waals surface area contributed by atoms with Gasteiger partial charge in [-0.05, 0) is 38.1 Å². The minimum absolute atomic E-state index is 0.196. The summed E-state index contributed by atoms with van der Waals surface area (Å²) in [6.45, 7) is 6.74. The number of para-hydroxylation sites is 1. The van der Waals surface area contributed by atoms with Crippen molar-refractivity contribution in [3.05, 3.63) is 54.5 Å². The first kappa shape index (κ1) is 20.9. The minimum atomic E-state index is -1.09. The standard InChI is InChI=1S/C22H28N2O5/c1-3-27-21(25)19(22(26)28-4-2)20(18-11-8-16-29-18)24-14-12-23(13-15-24)17-9-6-5-7-10-17/h5-11,16,19-20H,3-4,12-15H2,1-2H3. The zero-order valence-electron chi connectivity index (χ0n) is 17.0. The van der Waals surface area contributed by atoms with Crippen LogP contribution in [0.3, 0.4) is 0 Å². The van der Waals surface area contributed by atoms with Crippen molar-refractivity contribution in [1.29, 1.82) is 0 Å². The van der Waals surface area contributed by atoms with Gasteiger partial charge in [-0.25, -0.2) is 0 Å². The Morgan fingerprint density at radius 1 is 0.931 bits per heavy atom. The molecule has 0 aliphatic carbocycles. The molecule has 29 heavy (non-hydrogen) atoms. The lowest BCUT2D eigenvalue weighted by Crippen LogP contribution is -2.51. The van der Waals surface area contributed by atoms with Crippen molar-refractivity contribution in [3.63, 3.8) is 0 Å². The van der Waals surface area contributed by atoms with E-state index < -0.39 is 23.9 Å². The highest BCUT2D eigenvalue weighted by Gasteiger charge is 2.44. The monoisotopic (exact) mass is 400 g/mol. The van der Waals surface area contributed by atoms with Crippen LogP contribution in [-0.4, -0.2) is 56.2 Å². The van der Waals surface area contributed by atoms with Crippen LogP contribution < -0.4 is 4.90 Å². The first-order valence-electron chi connectivity index (χ1n) is 10.1. The van der Waals surface area contributed by atoms with Crippen LogP contribution in [0.25, 0.3) is 0 Å². The van der Waals surface area contributed by atoms with Crippen molar-refractivity contribution in [3.8, 4) is 0 Å². The fraction of sp³-hybridized carbons (Fsp3) is 0.455. The fourth-order valence-corrected chi connectivity index (χ4v) is 3.73. The number of anilines is 1. The average Bonchev–Trinajstić information content (AvgIpc) is 3.27. The van der Waals surface area contributed by atoms with Crippen LogP contribution in [0.15, 0.2) is 53.1 Å². The van der Waals surface area contributed by atoms with Gasteiger partial charge in [-0.15, -0.1) is 0 Å². The third-order valence-electron chi connectivity index (χ3n) is 5.06. The molecule has 1 fully saturated rings. The SMILES string of the molecule is CCOC(=O)C(C(=O)OCC)C(c1ccco1)N1CCN(c2ccccc2)CC1. The average molecular weight is 400 g/mol. The lowest BCUT2D eigenvalue weighted by atomic mass is 9.95. The lowest BCUT2D eigenvalue weighted by Gasteiger charge is -2.41. The maximum absolute atomic E-state index is 12.7. The van der Waals surface area contributed by atoms with Gasteiger partial charge in [-0.2, -0.15) is 0 Å². The van der Waals surface area contributed by atoms with E-state index in [-0.39, 0.29) is 13.2 Å². The summed E-state index contributed by atoms with van der Waals surface area (Å²) in [5.41, 5.74) is 1.16. The highest BCUT2D eigenvalue weighted by Crippen LogP contribution is 2.33. The third-order valence-corrected chi connectivity index (χ3v) is 5.06. The molecule has 0 N–H and O–H groups in total. The summed E-state index contributed by atoms with van der Waals surface area (Å²) in [4.78, 5) is 29.8. The Bertz CT molecular complexity index is 752. The molecule has 7 heteroatoms. The molecule has 1 atom stereocenters. The van der Waals surface area contributed by atoms with Gasteiger partial charge in [0.15, 0.2) is 5.92 Å². The number of carbonyl (C=O) groups excluding carboxylic acids is 2. The van der Waals surface area contributed by atoms with E-state index in [1.165, 1.54) is 0 Å². The second-order valence-corrected chi connectivity index (χ2v) is 6.80. The van der Waals surface area contributed by atoms with Crippen molar-refractivity contribution in [1.82, 2.24) is 4.90 Å². The van der Waals surface area contributed by atoms with Crippen LogP contribution in [0.5, 0.6) is 0 Å². The second kappa shape index (κ2) is 10.1. The normalized spacial score (nSPS) is 15.9. The van der Waals surface area contributed by atoms with E-state index in [4.69, 9.17) is 13.9 Å². The number of benzene rings is 1. The highest BCUT2D eigenvalue weighted by molar-refractivity contribution is 5.96. The van der Waals surface area contributed by atoms with Gasteiger partial charge in [0.25, 0.3) is 0 Å². The van der Waals surface area contributed by atoms with Gasteiger partial charge in [0.05, 0.1) is 25.5 Å². The molecule has 156 valence electrons. The topological polar surface area (TPSA) is 72.2 Å². The van der Waals surface area contributed by atoms with E-state index in [0.29, 0.717) is 18.8 Å². The van der Waals surface area contributed by atoms with Crippen LogP contribution in [0.1, 0.15) is 25.6 Å². The maximum atomic E-state index is 12.7. The van der Waals surface area contributed by atoms with Crippen molar-refractivity contribution in [2.75, 3.05) is 44.3 Å². The smallest absolute Gasteiger partial charge is 0.322 e. The number of rotatable bonds is 8. The Morgan fingerprint density at radius 3 is 2.07 bits per heavy atom. The Hall–Kier alpha value is -2.80. The Balaban J connectivity index is 1.83. The Labute approximate surface area is 171 Å². The molecule has 0 saturated carbocycles. The number of furan rings is 1. The van der Waals surface area contributed by atoms with Gasteiger partial charge in [0.1, 0.15) is 5.76 Å². The number of hydrogen-bond acceptors (Lipinski definition) is 7. The van der Waals surface area contributed by atoms with Gasteiger partial charge in [0.2, 0.25) is 0 Å². The first-order valence-corrected chi connectivity index (χ1v) is 10.1. The number of hydrogen-bond donors (Lipinski definition) is 0. The highest BCUT2D eigenvalue weighted by atomic mass is 16.6. The first-order chi connectivity index (χ1) is 14.2. The molecule has 0 bridgehead atoms. The Kier molecular flexibility index (Phi) is 7.30. The largest absolute Gasteiger partial charge is 0.468 e. The van der Waals surface area contributed by atoms with Crippen LogP contribution in [-0.2, 0) is 19.1 Å². The van der Waals surface area contributed by atoms with Crippen LogP contribution in [0.4, 0.5) is 5.69 Å². The van der Waals surface area contributed by atoms with E-state index in [0.717, 1.165) is 18.8 Å². The molecule has 1 aromatic heterocycles. The van der Waals surface area contributed by atoms with Crippen molar-refractivity contribution in [2.45, 2.75) is 19.9 Å². The van der Waals surface area contributed by atoms with Crippen LogP contribution in [0, 0.1) is 5.92 Å². The van der Waals surface area contributed by atoms with Gasteiger partial charge >= 0.3 is 11.9 Å². The lowest BCUT2D eigenvalue weighted by molar-refractivity contribution is -0.166. The van der Waals surface area contributed by atoms with Gasteiger partial charge in [-0.1, -0.05) is 18.2 Å². The van der Waals surface area contributed by atoms with Crippen molar-refractivity contribution >= 4 is 17.6 Å². The van der Waals surface area contributed by atoms with Crippen molar-refractivity contribution in [2.24, 2.45) is 5.92 Å². The predicted octanol–water partition coefficient (Wildman–Crippen LogP) is 2.89. The van der Waals surface area contributed by atoms with E-state index in [2.05, 4.69) is 21.9 Å². The summed E-state index contributed by atoms with van der Waals surface area (Å²) in [5.74, 6) is -1.70. The number of carbonyl (C=O) groups is 2. The summed E-state index contributed by atoms with van der Waals surface area (Å²) in [5, 5.41) is 0. The second-order valence-electron chi connectivity index (χ2n) is 6.80. The fourth-order valence-electron chi connectivity index (χ4n) is 3.73. The molecule has 7 nitrogen and oxygen atoms in total. The van der Waals surface area contributed by atoms with E-state index >= 15 is 0 Å². The van der Waals surface area contributed by atoms with Gasteiger partial charge in [-0.3, -0.25) is 14.5 Å². The molecule has 0 radical (unpaired) electrons. The summed E-state index contributed by atoms with van der Waals surface area (Å²) in [7, 11) is 0. The third kappa shape index (κ3) is 4.98. The molecular formula is C22H28N2O5.